The maximum absolute atomic E-state index is 13.5. The van der Waals surface area contributed by atoms with Crippen molar-refractivity contribution in [1.82, 2.24) is 25.1 Å². The van der Waals surface area contributed by atoms with Crippen LogP contribution in [0.4, 0.5) is 5.69 Å². The highest BCUT2D eigenvalue weighted by atomic mass is 35.5. The monoisotopic (exact) mass is 526 g/mol. The Bertz CT molecular complexity index is 1520. The first-order valence-electron chi connectivity index (χ1n) is 11.9. The summed E-state index contributed by atoms with van der Waals surface area (Å²) in [6.45, 7) is 3.74. The molecule has 3 N–H and O–H groups in total. The van der Waals surface area contributed by atoms with Crippen molar-refractivity contribution in [1.29, 1.82) is 0 Å². The largest absolute Gasteiger partial charge is 0.345 e. The Hall–Kier alpha value is -3.21. The van der Waals surface area contributed by atoms with Gasteiger partial charge in [-0.1, -0.05) is 18.5 Å². The minimum atomic E-state index is -3.50. The van der Waals surface area contributed by atoms with Crippen molar-refractivity contribution in [3.63, 3.8) is 0 Å². The number of pyridine rings is 1. The van der Waals surface area contributed by atoms with E-state index < -0.39 is 10.0 Å². The van der Waals surface area contributed by atoms with E-state index in [9.17, 15) is 13.2 Å². The fourth-order valence-electron chi connectivity index (χ4n) is 4.51. The maximum atomic E-state index is 13.5. The van der Waals surface area contributed by atoms with E-state index in [1.165, 1.54) is 12.1 Å². The SMILES string of the molecule is CCCS(=O)(=O)Nc1ccc(Cl)c(C(=O)c2c[nH]c3ncc(-c4cnn(C5CCNCC5)c4)cc23)c1. The maximum Gasteiger partial charge on any atom is 0.232 e. The molecule has 1 saturated heterocycles. The molecule has 0 aliphatic carbocycles. The van der Waals surface area contributed by atoms with Gasteiger partial charge in [0, 0.05) is 51.9 Å². The molecule has 3 aromatic heterocycles. The number of fused-ring (bicyclic) bond motifs is 1. The summed E-state index contributed by atoms with van der Waals surface area (Å²) < 4.78 is 28.9. The molecule has 0 atom stereocenters. The number of hydrogen-bond donors (Lipinski definition) is 3. The van der Waals surface area contributed by atoms with Crippen molar-refractivity contribution < 1.29 is 13.2 Å². The van der Waals surface area contributed by atoms with Gasteiger partial charge in [0.2, 0.25) is 10.0 Å². The predicted octanol–water partition coefficient (Wildman–Crippen LogP) is 4.39. The normalized spacial score (nSPS) is 14.8. The Morgan fingerprint density at radius 3 is 2.75 bits per heavy atom. The number of piperidine rings is 1. The van der Waals surface area contributed by atoms with Crippen LogP contribution >= 0.6 is 11.6 Å². The minimum absolute atomic E-state index is 0.00990. The number of halogens is 1. The zero-order valence-electron chi connectivity index (χ0n) is 19.8. The number of hydrogen-bond acceptors (Lipinski definition) is 6. The first-order chi connectivity index (χ1) is 17.3. The van der Waals surface area contributed by atoms with Gasteiger partial charge in [0.25, 0.3) is 0 Å². The molecule has 1 aromatic carbocycles. The van der Waals surface area contributed by atoms with Crippen molar-refractivity contribution in [2.75, 3.05) is 23.6 Å². The summed E-state index contributed by atoms with van der Waals surface area (Å²) in [5, 5.41) is 8.82. The summed E-state index contributed by atoms with van der Waals surface area (Å²) in [4.78, 5) is 21.1. The third-order valence-electron chi connectivity index (χ3n) is 6.35. The topological polar surface area (TPSA) is 122 Å². The second-order valence-electron chi connectivity index (χ2n) is 8.96. The molecule has 4 heterocycles. The molecule has 4 aromatic rings. The first kappa shape index (κ1) is 24.5. The zero-order valence-corrected chi connectivity index (χ0v) is 21.4. The fraction of sp³-hybridized carbons (Fsp3) is 0.320. The van der Waals surface area contributed by atoms with E-state index in [0.717, 1.165) is 37.1 Å². The molecule has 1 aliphatic rings. The Morgan fingerprint density at radius 1 is 1.17 bits per heavy atom. The lowest BCUT2D eigenvalue weighted by molar-refractivity contribution is 0.104. The first-order valence-corrected chi connectivity index (χ1v) is 13.9. The predicted molar refractivity (Wildman–Crippen MR) is 141 cm³/mol. The van der Waals surface area contributed by atoms with E-state index in [1.807, 2.05) is 23.1 Å². The third-order valence-corrected chi connectivity index (χ3v) is 8.17. The second kappa shape index (κ2) is 10.0. The minimum Gasteiger partial charge on any atom is -0.345 e. The highest BCUT2D eigenvalue weighted by Gasteiger charge is 2.21. The molecule has 0 unspecified atom stereocenters. The van der Waals surface area contributed by atoms with Crippen molar-refractivity contribution in [2.24, 2.45) is 0 Å². The summed E-state index contributed by atoms with van der Waals surface area (Å²) in [6, 6.07) is 6.81. The number of anilines is 1. The summed E-state index contributed by atoms with van der Waals surface area (Å²) in [6.07, 6.45) is 9.75. The highest BCUT2D eigenvalue weighted by molar-refractivity contribution is 7.92. The second-order valence-corrected chi connectivity index (χ2v) is 11.2. The molecule has 11 heteroatoms. The van der Waals surface area contributed by atoms with Crippen LogP contribution in [0.15, 0.2) is 49.1 Å². The number of benzene rings is 1. The van der Waals surface area contributed by atoms with Crippen LogP contribution in [0.3, 0.4) is 0 Å². The molecule has 36 heavy (non-hydrogen) atoms. The van der Waals surface area contributed by atoms with Crippen LogP contribution < -0.4 is 10.0 Å². The van der Waals surface area contributed by atoms with Crippen LogP contribution in [0.5, 0.6) is 0 Å². The van der Waals surface area contributed by atoms with Gasteiger partial charge in [0.1, 0.15) is 5.65 Å². The lowest BCUT2D eigenvalue weighted by atomic mass is 10.0. The third kappa shape index (κ3) is 5.02. The van der Waals surface area contributed by atoms with Crippen LogP contribution in [0.1, 0.15) is 48.1 Å². The zero-order chi connectivity index (χ0) is 25.3. The number of nitrogens with one attached hydrogen (secondary N) is 3. The number of carbonyl (C=O) groups excluding carboxylic acids is 1. The van der Waals surface area contributed by atoms with E-state index in [1.54, 1.807) is 25.4 Å². The molecule has 0 saturated carbocycles. The lowest BCUT2D eigenvalue weighted by Crippen LogP contribution is -2.29. The van der Waals surface area contributed by atoms with Gasteiger partial charge in [0.05, 0.1) is 23.0 Å². The average molecular weight is 527 g/mol. The van der Waals surface area contributed by atoms with Gasteiger partial charge in [-0.05, 0) is 56.6 Å². The van der Waals surface area contributed by atoms with E-state index in [0.29, 0.717) is 34.7 Å². The number of sulfonamides is 1. The molecule has 0 spiro atoms. The van der Waals surface area contributed by atoms with Crippen molar-refractivity contribution >= 4 is 44.1 Å². The van der Waals surface area contributed by atoms with Crippen molar-refractivity contribution in [2.45, 2.75) is 32.2 Å². The Morgan fingerprint density at radius 2 is 1.97 bits per heavy atom. The van der Waals surface area contributed by atoms with E-state index in [2.05, 4.69) is 25.1 Å². The summed E-state index contributed by atoms with van der Waals surface area (Å²) in [5.41, 5.74) is 3.25. The Labute approximate surface area is 214 Å². The van der Waals surface area contributed by atoms with E-state index >= 15 is 0 Å². The molecule has 0 radical (unpaired) electrons. The average Bonchev–Trinajstić information content (AvgIpc) is 3.52. The number of carbonyl (C=O) groups is 1. The standard InChI is InChI=1S/C25H27ClN6O3S/c1-2-9-36(34,35)31-18-3-4-23(26)21(11-18)24(33)22-14-29-25-20(22)10-16(12-28-25)17-13-30-32(15-17)19-5-7-27-8-6-19/h3-4,10-15,19,27,31H,2,5-9H2,1H3,(H,28,29). The van der Waals surface area contributed by atoms with Gasteiger partial charge < -0.3 is 10.3 Å². The van der Waals surface area contributed by atoms with Crippen LogP contribution in [-0.4, -0.2) is 52.8 Å². The number of nitrogens with zero attached hydrogens (tertiary/aromatic N) is 3. The smallest absolute Gasteiger partial charge is 0.232 e. The molecular weight excluding hydrogens is 500 g/mol. The van der Waals surface area contributed by atoms with Gasteiger partial charge in [-0.2, -0.15) is 5.10 Å². The highest BCUT2D eigenvalue weighted by Crippen LogP contribution is 2.30. The van der Waals surface area contributed by atoms with Crippen LogP contribution in [0.25, 0.3) is 22.2 Å². The molecule has 188 valence electrons. The molecule has 1 fully saturated rings. The van der Waals surface area contributed by atoms with Gasteiger partial charge >= 0.3 is 0 Å². The van der Waals surface area contributed by atoms with Gasteiger partial charge in [0.15, 0.2) is 5.78 Å². The number of ketones is 1. The van der Waals surface area contributed by atoms with E-state index in [4.69, 9.17) is 11.6 Å². The van der Waals surface area contributed by atoms with Crippen molar-refractivity contribution in [3.8, 4) is 11.1 Å². The molecule has 1 aliphatic heterocycles. The summed E-state index contributed by atoms with van der Waals surface area (Å²) in [5.74, 6) is -0.337. The number of H-pyrrole nitrogens is 1. The van der Waals surface area contributed by atoms with E-state index in [-0.39, 0.29) is 22.1 Å². The van der Waals surface area contributed by atoms with Gasteiger partial charge in [-0.25, -0.2) is 13.4 Å². The van der Waals surface area contributed by atoms with Gasteiger partial charge in [-0.15, -0.1) is 0 Å². The summed E-state index contributed by atoms with van der Waals surface area (Å²) >= 11 is 6.36. The fourth-order valence-corrected chi connectivity index (χ4v) is 5.84. The number of aromatic amines is 1. The summed E-state index contributed by atoms with van der Waals surface area (Å²) in [7, 11) is -3.50. The van der Waals surface area contributed by atoms with Crippen LogP contribution in [0, 0.1) is 0 Å². The molecular formula is C25H27ClN6O3S. The Kier molecular flexibility index (Phi) is 6.83. The van der Waals surface area contributed by atoms with Crippen molar-refractivity contribution in [3.05, 3.63) is 65.2 Å². The molecule has 9 nitrogen and oxygen atoms in total. The number of rotatable bonds is 8. The number of aromatic nitrogens is 4. The van der Waals surface area contributed by atoms with Crippen LogP contribution in [-0.2, 0) is 10.0 Å². The van der Waals surface area contributed by atoms with Crippen LogP contribution in [0.2, 0.25) is 5.02 Å². The van der Waals surface area contributed by atoms with Gasteiger partial charge in [-0.3, -0.25) is 14.2 Å². The molecule has 0 bridgehead atoms. The quantitative estimate of drug-likeness (QED) is 0.293. The molecule has 0 amide bonds. The lowest BCUT2D eigenvalue weighted by Gasteiger charge is -2.22. The molecule has 5 rings (SSSR count). The Balaban J connectivity index is 1.46.